The first kappa shape index (κ1) is 23.4. The van der Waals surface area contributed by atoms with Crippen molar-refractivity contribution in [1.29, 1.82) is 0 Å². The molecule has 6 heteroatoms. The molecular formula is C24H35N5O. The highest BCUT2D eigenvalue weighted by Crippen LogP contribution is 2.09. The van der Waals surface area contributed by atoms with Gasteiger partial charge in [-0.05, 0) is 55.8 Å². The van der Waals surface area contributed by atoms with Crippen LogP contribution in [0.15, 0.2) is 53.5 Å². The van der Waals surface area contributed by atoms with Crippen LogP contribution >= 0.6 is 0 Å². The summed E-state index contributed by atoms with van der Waals surface area (Å²) in [4.78, 5) is 18.8. The van der Waals surface area contributed by atoms with Crippen LogP contribution in [0, 0.1) is 0 Å². The number of guanidine groups is 1. The standard InChI is InChI=1S/C24H35N5O/c1-5-26-24(27-14-13-19-9-8-12-22(16-19)23(30)25-3)28-17-20-10-7-11-21(15-20)18-29(4)6-2/h7-12,15-16H,5-6,13-14,17-18H2,1-4H3,(H,25,30)(H2,26,27,28). The molecule has 0 atom stereocenters. The van der Waals surface area contributed by atoms with E-state index in [-0.39, 0.29) is 5.91 Å². The van der Waals surface area contributed by atoms with E-state index < -0.39 is 0 Å². The van der Waals surface area contributed by atoms with E-state index in [1.165, 1.54) is 11.1 Å². The molecule has 0 aliphatic rings. The molecule has 3 N–H and O–H groups in total. The molecule has 0 aromatic heterocycles. The third-order valence-corrected chi connectivity index (χ3v) is 4.87. The Morgan fingerprint density at radius 3 is 2.47 bits per heavy atom. The number of hydrogen-bond acceptors (Lipinski definition) is 3. The number of benzene rings is 2. The minimum atomic E-state index is -0.0629. The predicted octanol–water partition coefficient (Wildman–Crippen LogP) is 2.80. The lowest BCUT2D eigenvalue weighted by molar-refractivity contribution is 0.0963. The lowest BCUT2D eigenvalue weighted by Gasteiger charge is -2.14. The maximum absolute atomic E-state index is 11.8. The zero-order valence-electron chi connectivity index (χ0n) is 18.7. The summed E-state index contributed by atoms with van der Waals surface area (Å²) in [5, 5.41) is 9.35. The monoisotopic (exact) mass is 409 g/mol. The van der Waals surface area contributed by atoms with E-state index in [1.807, 2.05) is 24.3 Å². The van der Waals surface area contributed by atoms with Gasteiger partial charge in [0.2, 0.25) is 0 Å². The molecular weight excluding hydrogens is 374 g/mol. The van der Waals surface area contributed by atoms with Gasteiger partial charge in [0.15, 0.2) is 5.96 Å². The Hall–Kier alpha value is -2.86. The van der Waals surface area contributed by atoms with Gasteiger partial charge >= 0.3 is 0 Å². The first-order valence-corrected chi connectivity index (χ1v) is 10.6. The Kier molecular flexibility index (Phi) is 9.87. The number of hydrogen-bond donors (Lipinski definition) is 3. The van der Waals surface area contributed by atoms with Crippen molar-refractivity contribution in [3.05, 3.63) is 70.8 Å². The minimum absolute atomic E-state index is 0.0629. The molecule has 0 fully saturated rings. The van der Waals surface area contributed by atoms with Crippen LogP contribution in [-0.2, 0) is 19.5 Å². The van der Waals surface area contributed by atoms with Crippen molar-refractivity contribution in [2.75, 3.05) is 33.7 Å². The van der Waals surface area contributed by atoms with E-state index in [4.69, 9.17) is 4.99 Å². The van der Waals surface area contributed by atoms with E-state index in [0.717, 1.165) is 44.1 Å². The molecule has 0 unspecified atom stereocenters. The van der Waals surface area contributed by atoms with Crippen LogP contribution in [0.1, 0.15) is 40.9 Å². The van der Waals surface area contributed by atoms with Gasteiger partial charge in [0.05, 0.1) is 6.54 Å². The van der Waals surface area contributed by atoms with Gasteiger partial charge in [-0.2, -0.15) is 0 Å². The quantitative estimate of drug-likeness (QED) is 0.417. The molecule has 0 spiro atoms. The molecule has 0 aliphatic heterocycles. The maximum atomic E-state index is 11.8. The summed E-state index contributed by atoms with van der Waals surface area (Å²) in [5.41, 5.74) is 4.31. The summed E-state index contributed by atoms with van der Waals surface area (Å²) < 4.78 is 0. The average molecular weight is 410 g/mol. The number of amides is 1. The molecule has 0 saturated carbocycles. The highest BCUT2D eigenvalue weighted by Gasteiger charge is 2.04. The molecule has 0 heterocycles. The molecule has 162 valence electrons. The number of nitrogens with zero attached hydrogens (tertiary/aromatic N) is 2. The fourth-order valence-electron chi connectivity index (χ4n) is 3.10. The average Bonchev–Trinajstić information content (AvgIpc) is 2.77. The van der Waals surface area contributed by atoms with Crippen LogP contribution in [0.3, 0.4) is 0 Å². The highest BCUT2D eigenvalue weighted by molar-refractivity contribution is 5.94. The summed E-state index contributed by atoms with van der Waals surface area (Å²) in [5.74, 6) is 0.739. The molecule has 0 aliphatic carbocycles. The van der Waals surface area contributed by atoms with Crippen molar-refractivity contribution >= 4 is 11.9 Å². The smallest absolute Gasteiger partial charge is 0.251 e. The first-order chi connectivity index (χ1) is 14.5. The van der Waals surface area contributed by atoms with Crippen LogP contribution in [0.4, 0.5) is 0 Å². The van der Waals surface area contributed by atoms with Crippen LogP contribution < -0.4 is 16.0 Å². The molecule has 2 rings (SSSR count). The predicted molar refractivity (Wildman–Crippen MR) is 125 cm³/mol. The molecule has 30 heavy (non-hydrogen) atoms. The fraction of sp³-hybridized carbons (Fsp3) is 0.417. The fourth-order valence-corrected chi connectivity index (χ4v) is 3.10. The summed E-state index contributed by atoms with van der Waals surface area (Å²) >= 11 is 0. The van der Waals surface area contributed by atoms with Crippen molar-refractivity contribution in [3.8, 4) is 0 Å². The van der Waals surface area contributed by atoms with Gasteiger partial charge < -0.3 is 20.9 Å². The molecule has 0 bridgehead atoms. The van der Waals surface area contributed by atoms with Crippen molar-refractivity contribution in [2.24, 2.45) is 4.99 Å². The molecule has 2 aromatic carbocycles. The maximum Gasteiger partial charge on any atom is 0.251 e. The molecule has 0 radical (unpaired) electrons. The summed E-state index contributed by atoms with van der Waals surface area (Å²) in [6.45, 7) is 8.38. The summed E-state index contributed by atoms with van der Waals surface area (Å²) in [6, 6.07) is 16.3. The largest absolute Gasteiger partial charge is 0.357 e. The van der Waals surface area contributed by atoms with Gasteiger partial charge in [0.25, 0.3) is 5.91 Å². The van der Waals surface area contributed by atoms with Gasteiger partial charge in [-0.1, -0.05) is 43.3 Å². The van der Waals surface area contributed by atoms with E-state index >= 15 is 0 Å². The minimum Gasteiger partial charge on any atom is -0.357 e. The Labute approximate surface area is 180 Å². The number of rotatable bonds is 10. The Bertz CT molecular complexity index is 834. The van der Waals surface area contributed by atoms with E-state index in [1.54, 1.807) is 7.05 Å². The normalized spacial score (nSPS) is 11.4. The van der Waals surface area contributed by atoms with Crippen molar-refractivity contribution in [2.45, 2.75) is 33.4 Å². The van der Waals surface area contributed by atoms with Crippen LogP contribution in [-0.4, -0.2) is 50.5 Å². The SMILES string of the molecule is CCNC(=NCc1cccc(CN(C)CC)c1)NCCc1cccc(C(=O)NC)c1. The Morgan fingerprint density at radius 1 is 1.00 bits per heavy atom. The molecule has 0 saturated heterocycles. The van der Waals surface area contributed by atoms with E-state index in [2.05, 4.69) is 66.0 Å². The van der Waals surface area contributed by atoms with Gasteiger partial charge in [0, 0.05) is 32.2 Å². The second kappa shape index (κ2) is 12.6. The lowest BCUT2D eigenvalue weighted by Crippen LogP contribution is -2.38. The Balaban J connectivity index is 1.93. The molecule has 2 aromatic rings. The summed E-state index contributed by atoms with van der Waals surface area (Å²) in [6.07, 6.45) is 0.814. The van der Waals surface area contributed by atoms with Crippen molar-refractivity contribution < 1.29 is 4.79 Å². The Morgan fingerprint density at radius 2 is 1.73 bits per heavy atom. The lowest BCUT2D eigenvalue weighted by atomic mass is 10.1. The van der Waals surface area contributed by atoms with Gasteiger partial charge in [-0.25, -0.2) is 4.99 Å². The second-order valence-corrected chi connectivity index (χ2v) is 7.30. The van der Waals surface area contributed by atoms with Crippen molar-refractivity contribution in [1.82, 2.24) is 20.9 Å². The number of aliphatic imine (C=N–C) groups is 1. The van der Waals surface area contributed by atoms with E-state index in [0.29, 0.717) is 12.1 Å². The molecule has 6 nitrogen and oxygen atoms in total. The second-order valence-electron chi connectivity index (χ2n) is 7.30. The third-order valence-electron chi connectivity index (χ3n) is 4.87. The third kappa shape index (κ3) is 7.87. The zero-order chi connectivity index (χ0) is 21.8. The van der Waals surface area contributed by atoms with Crippen LogP contribution in [0.25, 0.3) is 0 Å². The first-order valence-electron chi connectivity index (χ1n) is 10.6. The highest BCUT2D eigenvalue weighted by atomic mass is 16.1. The van der Waals surface area contributed by atoms with Crippen molar-refractivity contribution in [3.63, 3.8) is 0 Å². The zero-order valence-corrected chi connectivity index (χ0v) is 18.7. The van der Waals surface area contributed by atoms with Crippen LogP contribution in [0.5, 0.6) is 0 Å². The van der Waals surface area contributed by atoms with Gasteiger partial charge in [0.1, 0.15) is 0 Å². The number of carbonyl (C=O) groups excluding carboxylic acids is 1. The van der Waals surface area contributed by atoms with Crippen LogP contribution in [0.2, 0.25) is 0 Å². The van der Waals surface area contributed by atoms with E-state index in [9.17, 15) is 4.79 Å². The summed E-state index contributed by atoms with van der Waals surface area (Å²) in [7, 11) is 3.77. The van der Waals surface area contributed by atoms with Gasteiger partial charge in [-0.15, -0.1) is 0 Å². The number of nitrogens with one attached hydrogen (secondary N) is 3. The molecule has 1 amide bonds. The topological polar surface area (TPSA) is 68.8 Å². The number of carbonyl (C=O) groups is 1. The van der Waals surface area contributed by atoms with Gasteiger partial charge in [-0.3, -0.25) is 4.79 Å².